The van der Waals surface area contributed by atoms with E-state index in [2.05, 4.69) is 10.3 Å². The molecule has 4 nitrogen and oxygen atoms in total. The number of carbonyl (C=O) groups is 1. The van der Waals surface area contributed by atoms with Crippen LogP contribution in [0, 0.1) is 0 Å². The van der Waals surface area contributed by atoms with Crippen molar-refractivity contribution in [3.05, 3.63) is 0 Å². The van der Waals surface area contributed by atoms with Crippen molar-refractivity contribution in [2.45, 2.75) is 0 Å². The molecule has 0 aromatic heterocycles. The summed E-state index contributed by atoms with van der Waals surface area (Å²) in [5, 5.41) is 6.31. The molecule has 0 saturated carbocycles. The maximum Gasteiger partial charge on any atom is 0.228 e. The molecule has 0 fully saturated rings. The molecule has 6 heavy (non-hydrogen) atoms. The van der Waals surface area contributed by atoms with Gasteiger partial charge in [0.05, 0.1) is 7.05 Å². The van der Waals surface area contributed by atoms with Crippen molar-refractivity contribution in [3.8, 4) is 0 Å². The van der Waals surface area contributed by atoms with Crippen LogP contribution in [0.1, 0.15) is 0 Å². The Kier molecular flexibility index (Phi) is 3.44. The van der Waals surface area contributed by atoms with Gasteiger partial charge in [0, 0.05) is 0 Å². The molecule has 0 unspecified atom stereocenters. The van der Waals surface area contributed by atoms with Crippen LogP contribution in [0.2, 0.25) is 0 Å². The monoisotopic (exact) mass is 87.0 g/mol. The van der Waals surface area contributed by atoms with Crippen molar-refractivity contribution in [2.75, 3.05) is 7.05 Å². The van der Waals surface area contributed by atoms with Crippen molar-refractivity contribution in [3.63, 3.8) is 0 Å². The predicted molar refractivity (Wildman–Crippen MR) is 20.0 cm³/mol. The van der Waals surface area contributed by atoms with Crippen LogP contribution in [-0.4, -0.2) is 13.5 Å². The first kappa shape index (κ1) is 5.07. The predicted octanol–water partition coefficient (Wildman–Crippen LogP) is -0.271. The summed E-state index contributed by atoms with van der Waals surface area (Å²) in [5.41, 5.74) is 1.98. The van der Waals surface area contributed by atoms with E-state index in [1.807, 2.05) is 5.43 Å². The smallest absolute Gasteiger partial charge is 0.228 e. The second-order valence-corrected chi connectivity index (χ2v) is 0.547. The van der Waals surface area contributed by atoms with Gasteiger partial charge in [-0.2, -0.15) is 5.11 Å². The van der Waals surface area contributed by atoms with E-state index in [4.69, 9.17) is 0 Å². The number of hydrogen-bond acceptors (Lipinski definition) is 3. The molecule has 4 heteroatoms. The molecule has 34 valence electrons. The Labute approximate surface area is 35.2 Å². The molecule has 0 rings (SSSR count). The van der Waals surface area contributed by atoms with Crippen molar-refractivity contribution in [2.24, 2.45) is 10.3 Å². The van der Waals surface area contributed by atoms with Gasteiger partial charge in [-0.3, -0.25) is 4.79 Å². The molecule has 1 N–H and O–H groups in total. The van der Waals surface area contributed by atoms with Crippen molar-refractivity contribution < 1.29 is 4.79 Å². The average molecular weight is 87.1 g/mol. The van der Waals surface area contributed by atoms with E-state index in [0.717, 1.165) is 0 Å². The fourth-order valence-corrected chi connectivity index (χ4v) is 0.0813. The van der Waals surface area contributed by atoms with Gasteiger partial charge in [0.25, 0.3) is 0 Å². The summed E-state index contributed by atoms with van der Waals surface area (Å²) in [7, 11) is 1.47. The molecular weight excluding hydrogens is 82.0 g/mol. The summed E-state index contributed by atoms with van der Waals surface area (Å²) in [6.07, 6.45) is 0.451. The van der Waals surface area contributed by atoms with Crippen LogP contribution < -0.4 is 5.43 Å². The van der Waals surface area contributed by atoms with Gasteiger partial charge in [-0.15, -0.1) is 0 Å². The molecule has 0 bridgehead atoms. The number of carbonyl (C=O) groups excluding carboxylic acids is 1. The quantitative estimate of drug-likeness (QED) is 0.281. The minimum absolute atomic E-state index is 0.451. The van der Waals surface area contributed by atoms with E-state index in [1.54, 1.807) is 0 Å². The molecule has 0 aliphatic carbocycles. The molecular formula is C2H5N3O. The van der Waals surface area contributed by atoms with Gasteiger partial charge in [-0.1, -0.05) is 5.22 Å². The van der Waals surface area contributed by atoms with Crippen LogP contribution in [0.4, 0.5) is 0 Å². The summed E-state index contributed by atoms with van der Waals surface area (Å²) >= 11 is 0. The van der Waals surface area contributed by atoms with Crippen LogP contribution in [0.3, 0.4) is 0 Å². The number of nitrogens with zero attached hydrogens (tertiary/aromatic N) is 2. The van der Waals surface area contributed by atoms with Gasteiger partial charge in [-0.05, 0) is 0 Å². The molecule has 0 saturated heterocycles. The molecule has 0 heterocycles. The van der Waals surface area contributed by atoms with Crippen molar-refractivity contribution >= 4 is 6.41 Å². The lowest BCUT2D eigenvalue weighted by Crippen LogP contribution is -1.96. The van der Waals surface area contributed by atoms with Crippen LogP contribution >= 0.6 is 0 Å². The summed E-state index contributed by atoms with van der Waals surface area (Å²) in [4.78, 5) is 9.30. The van der Waals surface area contributed by atoms with E-state index in [-0.39, 0.29) is 0 Å². The Morgan fingerprint density at radius 1 is 1.83 bits per heavy atom. The largest absolute Gasteiger partial charge is 0.277 e. The van der Waals surface area contributed by atoms with Crippen LogP contribution in [0.15, 0.2) is 10.3 Å². The van der Waals surface area contributed by atoms with Crippen LogP contribution in [0.5, 0.6) is 0 Å². The first-order valence-corrected chi connectivity index (χ1v) is 1.40. The highest BCUT2D eigenvalue weighted by Crippen LogP contribution is 1.51. The highest BCUT2D eigenvalue weighted by molar-refractivity contribution is 5.44. The number of hydrogen-bond donors (Lipinski definition) is 1. The second kappa shape index (κ2) is 4.07. The number of amides is 1. The third kappa shape index (κ3) is 3.07. The van der Waals surface area contributed by atoms with E-state index < -0.39 is 0 Å². The minimum atomic E-state index is 0.451. The normalized spacial score (nSPS) is 8.83. The van der Waals surface area contributed by atoms with Crippen LogP contribution in [0.25, 0.3) is 0 Å². The lowest BCUT2D eigenvalue weighted by Gasteiger charge is -1.72. The molecule has 0 radical (unpaired) electrons. The maximum atomic E-state index is 9.30. The average Bonchev–Trinajstić information content (AvgIpc) is 1.61. The van der Waals surface area contributed by atoms with E-state index in [1.165, 1.54) is 7.05 Å². The Morgan fingerprint density at radius 2 is 2.50 bits per heavy atom. The third-order valence-corrected chi connectivity index (χ3v) is 0.210. The SMILES string of the molecule is CN=NNC=O. The Balaban J connectivity index is 2.85. The molecule has 0 aromatic rings. The first-order chi connectivity index (χ1) is 2.91. The highest BCUT2D eigenvalue weighted by Gasteiger charge is 1.57. The zero-order valence-electron chi connectivity index (χ0n) is 3.38. The topological polar surface area (TPSA) is 53.8 Å². The van der Waals surface area contributed by atoms with Gasteiger partial charge in [0.2, 0.25) is 6.41 Å². The fourth-order valence-electron chi connectivity index (χ4n) is 0.0813. The number of nitrogens with one attached hydrogen (secondary N) is 1. The van der Waals surface area contributed by atoms with Gasteiger partial charge >= 0.3 is 0 Å². The van der Waals surface area contributed by atoms with Gasteiger partial charge in [0.1, 0.15) is 0 Å². The Morgan fingerprint density at radius 3 is 2.67 bits per heavy atom. The van der Waals surface area contributed by atoms with Gasteiger partial charge in [-0.25, -0.2) is 5.43 Å². The first-order valence-electron chi connectivity index (χ1n) is 1.40. The maximum absolute atomic E-state index is 9.30. The lowest BCUT2D eigenvalue weighted by atomic mass is 11.4. The molecule has 0 aliphatic heterocycles. The van der Waals surface area contributed by atoms with E-state index in [9.17, 15) is 4.79 Å². The van der Waals surface area contributed by atoms with E-state index in [0.29, 0.717) is 6.41 Å². The zero-order chi connectivity index (χ0) is 4.83. The molecule has 0 aromatic carbocycles. The lowest BCUT2D eigenvalue weighted by molar-refractivity contribution is -0.109. The Hall–Kier alpha value is -0.930. The van der Waals surface area contributed by atoms with E-state index >= 15 is 0 Å². The second-order valence-electron chi connectivity index (χ2n) is 0.547. The van der Waals surface area contributed by atoms with Crippen LogP contribution in [-0.2, 0) is 4.79 Å². The summed E-state index contributed by atoms with van der Waals surface area (Å²) in [6, 6.07) is 0. The van der Waals surface area contributed by atoms with Gasteiger partial charge in [0.15, 0.2) is 0 Å². The minimum Gasteiger partial charge on any atom is -0.277 e. The third-order valence-electron chi connectivity index (χ3n) is 0.210. The summed E-state index contributed by atoms with van der Waals surface area (Å²) in [5.74, 6) is 0. The number of rotatable bonds is 2. The van der Waals surface area contributed by atoms with Crippen molar-refractivity contribution in [1.82, 2.24) is 5.43 Å². The molecule has 0 spiro atoms. The summed E-state index contributed by atoms with van der Waals surface area (Å²) in [6.45, 7) is 0. The molecule has 1 amide bonds. The molecule has 0 aliphatic rings. The summed E-state index contributed by atoms with van der Waals surface area (Å²) < 4.78 is 0. The van der Waals surface area contributed by atoms with Crippen molar-refractivity contribution in [1.29, 1.82) is 0 Å². The zero-order valence-corrected chi connectivity index (χ0v) is 3.38. The molecule has 0 atom stereocenters. The fraction of sp³-hybridized carbons (Fsp3) is 0.500. The highest BCUT2D eigenvalue weighted by atomic mass is 16.1. The Bertz CT molecular complexity index is 59.8. The standard InChI is InChI=1S/C2H5N3O/c1-3-5-4-2-6/h2H,1H3,(H,3,4,6). The van der Waals surface area contributed by atoms with Gasteiger partial charge < -0.3 is 0 Å².